The van der Waals surface area contributed by atoms with Gasteiger partial charge in [-0.2, -0.15) is 0 Å². The van der Waals surface area contributed by atoms with Gasteiger partial charge in [0.05, 0.1) is 0 Å². The van der Waals surface area contributed by atoms with Gasteiger partial charge in [0.15, 0.2) is 0 Å². The summed E-state index contributed by atoms with van der Waals surface area (Å²) in [5.41, 5.74) is 0. The zero-order valence-electron chi connectivity index (χ0n) is 6.82. The summed E-state index contributed by atoms with van der Waals surface area (Å²) in [5, 5.41) is 1.48. The molecule has 0 N–H and O–H groups in total. The number of hydrogen-bond donors (Lipinski definition) is 0. The Morgan fingerprint density at radius 1 is 1.33 bits per heavy atom. The average molecular weight is 179 g/mol. The van der Waals surface area contributed by atoms with Gasteiger partial charge in [0, 0.05) is 0 Å². The molecule has 9 heavy (non-hydrogen) atoms. The third-order valence-corrected chi connectivity index (χ3v) is 2.94. The van der Waals surface area contributed by atoms with Gasteiger partial charge < -0.3 is 0 Å². The van der Waals surface area contributed by atoms with Crippen molar-refractivity contribution in [2.45, 2.75) is 44.5 Å². The van der Waals surface area contributed by atoms with E-state index >= 15 is 0 Å². The number of unbranched alkanes of at least 4 members (excludes halogenated alkanes) is 1. The Kier molecular flexibility index (Phi) is 7.21. The van der Waals surface area contributed by atoms with Crippen molar-refractivity contribution in [1.29, 1.82) is 0 Å². The molecule has 0 rings (SSSR count). The van der Waals surface area contributed by atoms with E-state index in [-0.39, 0.29) is 0 Å². The molecular formula is C8H17Zn. The molecule has 0 amide bonds. The van der Waals surface area contributed by atoms with Crippen molar-refractivity contribution in [3.63, 3.8) is 0 Å². The molecule has 1 unspecified atom stereocenters. The Labute approximate surface area is 69.1 Å². The maximum absolute atomic E-state index is 2.35. The first-order chi connectivity index (χ1) is 4.31. The van der Waals surface area contributed by atoms with Gasteiger partial charge in [-0.3, -0.25) is 0 Å². The minimum absolute atomic E-state index is 0.969. The molecule has 1 atom stereocenters. The SMILES string of the molecule is CCC(C)CCC[CH2][Zn]. The molecule has 1 heteroatoms. The fourth-order valence-corrected chi connectivity index (χ4v) is 1.62. The molecule has 0 aliphatic rings. The molecule has 0 fully saturated rings. The second-order valence-corrected chi connectivity index (χ2v) is 4.35. The van der Waals surface area contributed by atoms with Crippen molar-refractivity contribution in [2.75, 3.05) is 0 Å². The van der Waals surface area contributed by atoms with Gasteiger partial charge in [0.2, 0.25) is 0 Å². The molecule has 0 radical (unpaired) electrons. The summed E-state index contributed by atoms with van der Waals surface area (Å²) in [6, 6.07) is 0. The average Bonchev–Trinajstić information content (AvgIpc) is 1.89. The Morgan fingerprint density at radius 3 is 2.44 bits per heavy atom. The Morgan fingerprint density at radius 2 is 2.00 bits per heavy atom. The first kappa shape index (κ1) is 9.62. The minimum atomic E-state index is 0.969. The quantitative estimate of drug-likeness (QED) is 0.448. The molecule has 0 saturated heterocycles. The summed E-state index contributed by atoms with van der Waals surface area (Å²) in [5.74, 6) is 0.969. The second-order valence-electron chi connectivity index (χ2n) is 2.86. The first-order valence-corrected chi connectivity index (χ1v) is 6.20. The van der Waals surface area contributed by atoms with Gasteiger partial charge >= 0.3 is 68.8 Å². The Balaban J connectivity index is 2.88. The van der Waals surface area contributed by atoms with Crippen LogP contribution in [0.1, 0.15) is 39.5 Å². The normalized spacial score (nSPS) is 13.8. The van der Waals surface area contributed by atoms with E-state index < -0.39 is 0 Å². The molecular weight excluding hydrogens is 161 g/mol. The van der Waals surface area contributed by atoms with Crippen molar-refractivity contribution in [2.24, 2.45) is 5.92 Å². The third-order valence-electron chi connectivity index (χ3n) is 1.89. The van der Waals surface area contributed by atoms with Gasteiger partial charge in [-0.05, 0) is 0 Å². The molecule has 0 aromatic carbocycles. The topological polar surface area (TPSA) is 0 Å². The van der Waals surface area contributed by atoms with Gasteiger partial charge in [-0.1, -0.05) is 0 Å². The van der Waals surface area contributed by atoms with Crippen LogP contribution in [0.3, 0.4) is 0 Å². The van der Waals surface area contributed by atoms with E-state index in [0.717, 1.165) is 5.92 Å². The van der Waals surface area contributed by atoms with E-state index in [2.05, 4.69) is 13.8 Å². The summed E-state index contributed by atoms with van der Waals surface area (Å²) in [6.07, 6.45) is 5.76. The van der Waals surface area contributed by atoms with Crippen molar-refractivity contribution in [3.8, 4) is 0 Å². The summed E-state index contributed by atoms with van der Waals surface area (Å²) >= 11 is 1.49. The van der Waals surface area contributed by atoms with E-state index in [1.807, 2.05) is 0 Å². The van der Waals surface area contributed by atoms with Gasteiger partial charge in [-0.15, -0.1) is 0 Å². The molecule has 0 aliphatic heterocycles. The van der Waals surface area contributed by atoms with Crippen LogP contribution in [-0.2, 0) is 18.3 Å². The van der Waals surface area contributed by atoms with Crippen LogP contribution in [0.4, 0.5) is 0 Å². The van der Waals surface area contributed by atoms with Crippen molar-refractivity contribution >= 4 is 0 Å². The molecule has 0 spiro atoms. The van der Waals surface area contributed by atoms with Crippen LogP contribution in [0.5, 0.6) is 0 Å². The zero-order valence-corrected chi connectivity index (χ0v) is 9.79. The number of rotatable bonds is 5. The summed E-state index contributed by atoms with van der Waals surface area (Å²) < 4.78 is 0. The standard InChI is InChI=1S/C8H17.Zn/c1-4-6-7-8(3)5-2;/h8H,1,4-7H2,2-3H3;. The van der Waals surface area contributed by atoms with Crippen LogP contribution >= 0.6 is 0 Å². The van der Waals surface area contributed by atoms with Crippen molar-refractivity contribution in [1.82, 2.24) is 0 Å². The molecule has 0 aromatic rings. The van der Waals surface area contributed by atoms with E-state index in [1.54, 1.807) is 0 Å². The summed E-state index contributed by atoms with van der Waals surface area (Å²) in [7, 11) is 0. The molecule has 0 aliphatic carbocycles. The Bertz CT molecular complexity index is 52.5. The van der Waals surface area contributed by atoms with Gasteiger partial charge in [-0.25, -0.2) is 0 Å². The summed E-state index contributed by atoms with van der Waals surface area (Å²) in [4.78, 5) is 0. The van der Waals surface area contributed by atoms with Crippen LogP contribution in [0.15, 0.2) is 0 Å². The Hall–Kier alpha value is 0.623. The van der Waals surface area contributed by atoms with E-state index in [0.29, 0.717) is 0 Å². The van der Waals surface area contributed by atoms with Crippen LogP contribution < -0.4 is 0 Å². The van der Waals surface area contributed by atoms with E-state index in [4.69, 9.17) is 0 Å². The fourth-order valence-electron chi connectivity index (χ4n) is 0.874. The predicted molar refractivity (Wildman–Crippen MR) is 38.1 cm³/mol. The monoisotopic (exact) mass is 177 g/mol. The molecule has 0 saturated carbocycles. The molecule has 51 valence electrons. The van der Waals surface area contributed by atoms with Crippen LogP contribution in [0.2, 0.25) is 5.02 Å². The molecule has 0 nitrogen and oxygen atoms in total. The zero-order chi connectivity index (χ0) is 7.11. The molecule has 0 bridgehead atoms. The van der Waals surface area contributed by atoms with E-state index in [9.17, 15) is 0 Å². The first-order valence-electron chi connectivity index (χ1n) is 4.10. The third kappa shape index (κ3) is 6.51. The number of hydrogen-bond acceptors (Lipinski definition) is 0. The van der Waals surface area contributed by atoms with Crippen LogP contribution in [0, 0.1) is 5.92 Å². The molecule has 0 aromatic heterocycles. The fraction of sp³-hybridized carbons (Fsp3) is 1.00. The summed E-state index contributed by atoms with van der Waals surface area (Å²) in [6.45, 7) is 4.64. The second kappa shape index (κ2) is 6.74. The maximum atomic E-state index is 2.35. The van der Waals surface area contributed by atoms with Gasteiger partial charge in [0.25, 0.3) is 0 Å². The van der Waals surface area contributed by atoms with Gasteiger partial charge in [0.1, 0.15) is 0 Å². The van der Waals surface area contributed by atoms with Crippen LogP contribution in [-0.4, -0.2) is 0 Å². The van der Waals surface area contributed by atoms with Crippen LogP contribution in [0.25, 0.3) is 0 Å². The molecule has 0 heterocycles. The van der Waals surface area contributed by atoms with Crippen molar-refractivity contribution in [3.05, 3.63) is 0 Å². The van der Waals surface area contributed by atoms with E-state index in [1.165, 1.54) is 49.0 Å². The van der Waals surface area contributed by atoms with Crippen molar-refractivity contribution < 1.29 is 18.3 Å². The predicted octanol–water partition coefficient (Wildman–Crippen LogP) is 3.17.